The molecule has 0 radical (unpaired) electrons. The molecule has 134 valence electrons. The number of allylic oxidation sites excluding steroid dienone is 2. The van der Waals surface area contributed by atoms with Crippen LogP contribution >= 0.6 is 11.6 Å². The molecule has 5 heteroatoms. The standard InChI is InChI=1S/C18H31ClO4/c1-5-11-15(16(20)22-7-3)12-9-10-14-18(19,13-6-2)17(21)23-8-4/h9-10,15H,5-8,11-14H2,1-4H3. The van der Waals surface area contributed by atoms with Crippen molar-refractivity contribution in [2.24, 2.45) is 5.92 Å². The van der Waals surface area contributed by atoms with E-state index in [1.54, 1.807) is 6.92 Å². The van der Waals surface area contributed by atoms with Crippen LogP contribution < -0.4 is 0 Å². The first-order chi connectivity index (χ1) is 10.9. The number of hydrogen-bond donors (Lipinski definition) is 0. The van der Waals surface area contributed by atoms with Crippen LogP contribution in [0.4, 0.5) is 0 Å². The third-order valence-electron chi connectivity index (χ3n) is 3.57. The fourth-order valence-corrected chi connectivity index (χ4v) is 2.75. The number of carbonyl (C=O) groups is 2. The van der Waals surface area contributed by atoms with Crippen molar-refractivity contribution in [1.29, 1.82) is 0 Å². The summed E-state index contributed by atoms with van der Waals surface area (Å²) in [5.74, 6) is -0.659. The summed E-state index contributed by atoms with van der Waals surface area (Å²) < 4.78 is 10.2. The quantitative estimate of drug-likeness (QED) is 0.293. The van der Waals surface area contributed by atoms with Gasteiger partial charge in [-0.05, 0) is 39.5 Å². The number of hydrogen-bond acceptors (Lipinski definition) is 4. The van der Waals surface area contributed by atoms with Crippen LogP contribution in [-0.4, -0.2) is 30.0 Å². The molecule has 23 heavy (non-hydrogen) atoms. The summed E-state index contributed by atoms with van der Waals surface area (Å²) >= 11 is 6.44. The predicted octanol–water partition coefficient (Wildman–Crippen LogP) is 4.64. The van der Waals surface area contributed by atoms with Crippen molar-refractivity contribution in [1.82, 2.24) is 0 Å². The second kappa shape index (κ2) is 12.4. The molecule has 0 aliphatic rings. The van der Waals surface area contributed by atoms with E-state index in [1.165, 1.54) is 0 Å². The van der Waals surface area contributed by atoms with Gasteiger partial charge in [0.2, 0.25) is 0 Å². The minimum absolute atomic E-state index is 0.130. The van der Waals surface area contributed by atoms with Crippen LogP contribution in [0.25, 0.3) is 0 Å². The van der Waals surface area contributed by atoms with Crippen LogP contribution in [0.5, 0.6) is 0 Å². The van der Waals surface area contributed by atoms with Crippen LogP contribution in [0.15, 0.2) is 12.2 Å². The fraction of sp³-hybridized carbons (Fsp3) is 0.778. The normalized spacial score (nSPS) is 15.2. The highest BCUT2D eigenvalue weighted by atomic mass is 35.5. The lowest BCUT2D eigenvalue weighted by Gasteiger charge is -2.22. The molecule has 0 aromatic rings. The maximum Gasteiger partial charge on any atom is 0.327 e. The Bertz CT molecular complexity index is 381. The first-order valence-electron chi connectivity index (χ1n) is 8.62. The summed E-state index contributed by atoms with van der Waals surface area (Å²) in [5, 5.41) is 0. The second-order valence-electron chi connectivity index (χ2n) is 5.58. The highest BCUT2D eigenvalue weighted by molar-refractivity contribution is 6.34. The molecule has 0 aliphatic heterocycles. The zero-order chi connectivity index (χ0) is 17.7. The van der Waals surface area contributed by atoms with Crippen LogP contribution in [0.3, 0.4) is 0 Å². The van der Waals surface area contributed by atoms with E-state index in [9.17, 15) is 9.59 Å². The van der Waals surface area contributed by atoms with Gasteiger partial charge in [0.05, 0.1) is 19.1 Å². The third-order valence-corrected chi connectivity index (χ3v) is 4.07. The van der Waals surface area contributed by atoms with Crippen LogP contribution in [0.2, 0.25) is 0 Å². The predicted molar refractivity (Wildman–Crippen MR) is 93.5 cm³/mol. The van der Waals surface area contributed by atoms with E-state index in [4.69, 9.17) is 21.1 Å². The summed E-state index contributed by atoms with van der Waals surface area (Å²) in [4.78, 5) is 22.9. The Morgan fingerprint density at radius 2 is 1.70 bits per heavy atom. The SMILES string of the molecule is CCCC(CC=CCC(Cl)(CCC)C(=O)OCC)C(=O)OCC. The Kier molecular flexibility index (Phi) is 11.8. The summed E-state index contributed by atoms with van der Waals surface area (Å²) in [6.45, 7) is 8.32. The lowest BCUT2D eigenvalue weighted by molar-refractivity contribution is -0.148. The van der Waals surface area contributed by atoms with Gasteiger partial charge in [-0.2, -0.15) is 0 Å². The van der Waals surface area contributed by atoms with E-state index in [0.29, 0.717) is 32.5 Å². The second-order valence-corrected chi connectivity index (χ2v) is 6.31. The maximum atomic E-state index is 12.0. The van der Waals surface area contributed by atoms with E-state index in [0.717, 1.165) is 19.3 Å². The van der Waals surface area contributed by atoms with E-state index in [-0.39, 0.29) is 17.9 Å². The minimum Gasteiger partial charge on any atom is -0.466 e. The molecule has 2 unspecified atom stereocenters. The molecule has 0 spiro atoms. The molecule has 0 fully saturated rings. The smallest absolute Gasteiger partial charge is 0.327 e. The lowest BCUT2D eigenvalue weighted by atomic mass is 9.96. The first kappa shape index (κ1) is 22.0. The van der Waals surface area contributed by atoms with E-state index in [2.05, 4.69) is 0 Å². The van der Waals surface area contributed by atoms with Crippen LogP contribution in [-0.2, 0) is 19.1 Å². The average molecular weight is 347 g/mol. The van der Waals surface area contributed by atoms with Crippen LogP contribution in [0.1, 0.15) is 66.2 Å². The highest BCUT2D eigenvalue weighted by Gasteiger charge is 2.35. The van der Waals surface area contributed by atoms with Crippen molar-refractivity contribution in [2.75, 3.05) is 13.2 Å². The minimum atomic E-state index is -1.01. The molecule has 4 nitrogen and oxygen atoms in total. The van der Waals surface area contributed by atoms with Gasteiger partial charge in [-0.25, -0.2) is 0 Å². The number of alkyl halides is 1. The molecule has 0 saturated heterocycles. The molecule has 0 N–H and O–H groups in total. The molecule has 0 rings (SSSR count). The molecule has 0 aromatic carbocycles. The first-order valence-corrected chi connectivity index (χ1v) is 9.00. The van der Waals surface area contributed by atoms with Gasteiger partial charge >= 0.3 is 11.9 Å². The molecule has 0 bridgehead atoms. The largest absolute Gasteiger partial charge is 0.466 e. The molecule has 0 aliphatic carbocycles. The molecule has 2 atom stereocenters. The lowest BCUT2D eigenvalue weighted by Crippen LogP contribution is -2.34. The fourth-order valence-electron chi connectivity index (χ4n) is 2.42. The van der Waals surface area contributed by atoms with Crippen molar-refractivity contribution in [3.05, 3.63) is 12.2 Å². The molecule has 0 aromatic heterocycles. The van der Waals surface area contributed by atoms with E-state index in [1.807, 2.05) is 32.9 Å². The number of ether oxygens (including phenoxy) is 2. The van der Waals surface area contributed by atoms with Crippen LogP contribution in [0, 0.1) is 5.92 Å². The monoisotopic (exact) mass is 346 g/mol. The Hall–Kier alpha value is -1.03. The summed E-state index contributed by atoms with van der Waals surface area (Å²) in [6.07, 6.45) is 7.89. The van der Waals surface area contributed by atoms with Crippen molar-refractivity contribution in [3.8, 4) is 0 Å². The van der Waals surface area contributed by atoms with Gasteiger partial charge in [-0.15, -0.1) is 11.6 Å². The van der Waals surface area contributed by atoms with Gasteiger partial charge in [0.25, 0.3) is 0 Å². The Morgan fingerprint density at radius 1 is 1.04 bits per heavy atom. The summed E-state index contributed by atoms with van der Waals surface area (Å²) in [6, 6.07) is 0. The number of esters is 2. The highest BCUT2D eigenvalue weighted by Crippen LogP contribution is 2.28. The summed E-state index contributed by atoms with van der Waals surface area (Å²) in [5.41, 5.74) is 0. The summed E-state index contributed by atoms with van der Waals surface area (Å²) in [7, 11) is 0. The van der Waals surface area contributed by atoms with Gasteiger partial charge in [-0.1, -0.05) is 38.8 Å². The van der Waals surface area contributed by atoms with Gasteiger partial charge < -0.3 is 9.47 Å². The third kappa shape index (κ3) is 8.40. The van der Waals surface area contributed by atoms with Gasteiger partial charge in [0, 0.05) is 0 Å². The van der Waals surface area contributed by atoms with E-state index >= 15 is 0 Å². The molecule has 0 saturated carbocycles. The number of rotatable bonds is 12. The molecule has 0 amide bonds. The van der Waals surface area contributed by atoms with Gasteiger partial charge in [0.1, 0.15) is 4.87 Å². The Balaban J connectivity index is 4.65. The van der Waals surface area contributed by atoms with Crippen molar-refractivity contribution >= 4 is 23.5 Å². The van der Waals surface area contributed by atoms with Crippen molar-refractivity contribution in [3.63, 3.8) is 0 Å². The van der Waals surface area contributed by atoms with Gasteiger partial charge in [-0.3, -0.25) is 9.59 Å². The van der Waals surface area contributed by atoms with Crippen molar-refractivity contribution in [2.45, 2.75) is 71.1 Å². The molecule has 0 heterocycles. The number of halogens is 1. The number of carbonyl (C=O) groups excluding carboxylic acids is 2. The zero-order valence-electron chi connectivity index (χ0n) is 14.9. The maximum absolute atomic E-state index is 12.0. The zero-order valence-corrected chi connectivity index (χ0v) is 15.7. The van der Waals surface area contributed by atoms with E-state index < -0.39 is 4.87 Å². The topological polar surface area (TPSA) is 52.6 Å². The average Bonchev–Trinajstić information content (AvgIpc) is 2.51. The van der Waals surface area contributed by atoms with Crippen molar-refractivity contribution < 1.29 is 19.1 Å². The van der Waals surface area contributed by atoms with Gasteiger partial charge in [0.15, 0.2) is 0 Å². The Labute approximate surface area is 145 Å². The Morgan fingerprint density at radius 3 is 2.22 bits per heavy atom. The molecular weight excluding hydrogens is 316 g/mol. The molecular formula is C18H31ClO4.